The number of benzene rings is 2. The number of carbonyl (C=O) groups excluding carboxylic acids is 3. The standard InChI is InChI=1S/C19H18FNO4/c1-25-19(24)15-4-2-13(3-5-15)12-21-18(23)11-10-17(22)14-6-8-16(20)9-7-14/h2-9H,10-12H2,1H3,(H,21,23). The maximum Gasteiger partial charge on any atom is 0.337 e. The molecule has 5 nitrogen and oxygen atoms in total. The molecule has 0 unspecified atom stereocenters. The fourth-order valence-corrected chi connectivity index (χ4v) is 2.17. The molecule has 0 fully saturated rings. The van der Waals surface area contributed by atoms with Crippen molar-refractivity contribution in [3.63, 3.8) is 0 Å². The van der Waals surface area contributed by atoms with Crippen molar-refractivity contribution >= 4 is 17.7 Å². The van der Waals surface area contributed by atoms with Crippen LogP contribution in [0.5, 0.6) is 0 Å². The van der Waals surface area contributed by atoms with Gasteiger partial charge in [-0.05, 0) is 42.0 Å². The number of hydrogen-bond donors (Lipinski definition) is 1. The van der Waals surface area contributed by atoms with Gasteiger partial charge in [0.15, 0.2) is 5.78 Å². The molecule has 0 saturated heterocycles. The van der Waals surface area contributed by atoms with E-state index in [9.17, 15) is 18.8 Å². The van der Waals surface area contributed by atoms with Gasteiger partial charge in [-0.1, -0.05) is 12.1 Å². The van der Waals surface area contributed by atoms with E-state index < -0.39 is 11.8 Å². The van der Waals surface area contributed by atoms with E-state index in [1.54, 1.807) is 24.3 Å². The molecule has 2 aromatic rings. The van der Waals surface area contributed by atoms with Crippen molar-refractivity contribution in [2.24, 2.45) is 0 Å². The highest BCUT2D eigenvalue weighted by Gasteiger charge is 2.10. The molecule has 2 rings (SSSR count). The molecule has 6 heteroatoms. The minimum absolute atomic E-state index is 0.0520. The highest BCUT2D eigenvalue weighted by molar-refractivity contribution is 5.97. The minimum Gasteiger partial charge on any atom is -0.465 e. The second kappa shape index (κ2) is 8.73. The molecule has 0 aromatic heterocycles. The molecule has 0 aliphatic carbocycles. The lowest BCUT2D eigenvalue weighted by Gasteiger charge is -2.06. The summed E-state index contributed by atoms with van der Waals surface area (Å²) >= 11 is 0. The summed E-state index contributed by atoms with van der Waals surface area (Å²) in [5.41, 5.74) is 1.64. The Morgan fingerprint density at radius 3 is 2.12 bits per heavy atom. The second-order valence-electron chi connectivity index (χ2n) is 5.40. The number of methoxy groups -OCH3 is 1. The molecule has 1 N–H and O–H groups in total. The van der Waals surface area contributed by atoms with Crippen LogP contribution in [0.3, 0.4) is 0 Å². The molecule has 0 heterocycles. The third kappa shape index (κ3) is 5.53. The second-order valence-corrected chi connectivity index (χ2v) is 5.40. The number of hydrogen-bond acceptors (Lipinski definition) is 4. The van der Waals surface area contributed by atoms with Gasteiger partial charge < -0.3 is 10.1 Å². The van der Waals surface area contributed by atoms with E-state index in [1.165, 1.54) is 31.4 Å². The van der Waals surface area contributed by atoms with Crippen molar-refractivity contribution in [1.82, 2.24) is 5.32 Å². The number of nitrogens with one attached hydrogen (secondary N) is 1. The number of ether oxygens (including phenoxy) is 1. The van der Waals surface area contributed by atoms with E-state index in [4.69, 9.17) is 0 Å². The lowest BCUT2D eigenvalue weighted by Crippen LogP contribution is -2.23. The molecule has 0 radical (unpaired) electrons. The Morgan fingerprint density at radius 2 is 1.52 bits per heavy atom. The molecular formula is C19H18FNO4. The van der Waals surface area contributed by atoms with Crippen molar-refractivity contribution in [1.29, 1.82) is 0 Å². The van der Waals surface area contributed by atoms with Gasteiger partial charge in [0.25, 0.3) is 0 Å². The number of carbonyl (C=O) groups is 3. The van der Waals surface area contributed by atoms with Crippen LogP contribution in [-0.4, -0.2) is 24.8 Å². The van der Waals surface area contributed by atoms with Crippen molar-refractivity contribution in [3.05, 3.63) is 71.0 Å². The van der Waals surface area contributed by atoms with E-state index in [1.807, 2.05) is 0 Å². The Balaban J connectivity index is 1.77. The molecule has 0 atom stereocenters. The van der Waals surface area contributed by atoms with Crippen LogP contribution in [0, 0.1) is 5.82 Å². The Bertz CT molecular complexity index is 754. The first kappa shape index (κ1) is 18.3. The van der Waals surface area contributed by atoms with Gasteiger partial charge in [-0.25, -0.2) is 9.18 Å². The predicted molar refractivity (Wildman–Crippen MR) is 89.6 cm³/mol. The lowest BCUT2D eigenvalue weighted by atomic mass is 10.1. The summed E-state index contributed by atoms with van der Waals surface area (Å²) in [6.45, 7) is 0.297. The quantitative estimate of drug-likeness (QED) is 0.620. The number of halogens is 1. The summed E-state index contributed by atoms with van der Waals surface area (Å²) < 4.78 is 17.4. The Morgan fingerprint density at radius 1 is 0.920 bits per heavy atom. The van der Waals surface area contributed by atoms with Crippen molar-refractivity contribution in [2.75, 3.05) is 7.11 Å². The van der Waals surface area contributed by atoms with E-state index in [2.05, 4.69) is 10.1 Å². The smallest absolute Gasteiger partial charge is 0.337 e. The molecular weight excluding hydrogens is 325 g/mol. The lowest BCUT2D eigenvalue weighted by molar-refractivity contribution is -0.121. The van der Waals surface area contributed by atoms with Gasteiger partial charge in [-0.15, -0.1) is 0 Å². The van der Waals surface area contributed by atoms with E-state index in [-0.39, 0.29) is 24.5 Å². The van der Waals surface area contributed by atoms with Crippen molar-refractivity contribution in [2.45, 2.75) is 19.4 Å². The van der Waals surface area contributed by atoms with E-state index >= 15 is 0 Å². The molecule has 0 aliphatic rings. The van der Waals surface area contributed by atoms with Gasteiger partial charge in [-0.2, -0.15) is 0 Å². The fourth-order valence-electron chi connectivity index (χ4n) is 2.17. The third-order valence-corrected chi connectivity index (χ3v) is 3.61. The van der Waals surface area contributed by atoms with Gasteiger partial charge >= 0.3 is 5.97 Å². The Kier molecular flexibility index (Phi) is 6.39. The van der Waals surface area contributed by atoms with Gasteiger partial charge in [0, 0.05) is 24.9 Å². The molecule has 0 saturated carbocycles. The SMILES string of the molecule is COC(=O)c1ccc(CNC(=O)CCC(=O)c2ccc(F)cc2)cc1. The molecule has 2 aromatic carbocycles. The molecule has 1 amide bonds. The van der Waals surface area contributed by atoms with Crippen LogP contribution in [0.25, 0.3) is 0 Å². The van der Waals surface area contributed by atoms with E-state index in [0.717, 1.165) is 5.56 Å². The molecule has 0 aliphatic heterocycles. The van der Waals surface area contributed by atoms with Gasteiger partial charge in [0.2, 0.25) is 5.91 Å². The normalized spacial score (nSPS) is 10.2. The van der Waals surface area contributed by atoms with Crippen LogP contribution in [-0.2, 0) is 16.1 Å². The first-order chi connectivity index (χ1) is 12.0. The zero-order chi connectivity index (χ0) is 18.2. The molecule has 130 valence electrons. The fraction of sp³-hybridized carbons (Fsp3) is 0.211. The number of rotatable bonds is 7. The first-order valence-corrected chi connectivity index (χ1v) is 7.72. The van der Waals surface area contributed by atoms with E-state index in [0.29, 0.717) is 17.7 Å². The summed E-state index contributed by atoms with van der Waals surface area (Å²) in [5, 5.41) is 2.71. The Hall–Kier alpha value is -3.02. The average Bonchev–Trinajstić information content (AvgIpc) is 2.64. The largest absolute Gasteiger partial charge is 0.465 e. The molecule has 25 heavy (non-hydrogen) atoms. The van der Waals surface area contributed by atoms with Gasteiger partial charge in [0.05, 0.1) is 12.7 Å². The highest BCUT2D eigenvalue weighted by atomic mass is 19.1. The topological polar surface area (TPSA) is 72.5 Å². The first-order valence-electron chi connectivity index (χ1n) is 7.72. The minimum atomic E-state index is -0.421. The van der Waals surface area contributed by atoms with Gasteiger partial charge in [0.1, 0.15) is 5.82 Å². The summed E-state index contributed by atoms with van der Waals surface area (Å²) in [7, 11) is 1.31. The average molecular weight is 343 g/mol. The third-order valence-electron chi connectivity index (χ3n) is 3.61. The van der Waals surface area contributed by atoms with Crippen LogP contribution >= 0.6 is 0 Å². The monoisotopic (exact) mass is 343 g/mol. The predicted octanol–water partition coefficient (Wildman–Crippen LogP) is 2.89. The summed E-state index contributed by atoms with van der Waals surface area (Å²) in [4.78, 5) is 35.1. The van der Waals surface area contributed by atoms with Crippen molar-refractivity contribution < 1.29 is 23.5 Å². The van der Waals surface area contributed by atoms with Crippen LogP contribution < -0.4 is 5.32 Å². The number of Topliss-reactive ketones (excluding diaryl/α,β-unsaturated/α-hetero) is 1. The van der Waals surface area contributed by atoms with Crippen LogP contribution in [0.4, 0.5) is 4.39 Å². The van der Waals surface area contributed by atoms with Crippen LogP contribution in [0.1, 0.15) is 39.1 Å². The number of amides is 1. The van der Waals surface area contributed by atoms with Gasteiger partial charge in [-0.3, -0.25) is 9.59 Å². The number of esters is 1. The maximum absolute atomic E-state index is 12.8. The summed E-state index contributed by atoms with van der Waals surface area (Å²) in [6.07, 6.45) is 0.106. The maximum atomic E-state index is 12.8. The zero-order valence-electron chi connectivity index (χ0n) is 13.8. The van der Waals surface area contributed by atoms with Crippen molar-refractivity contribution in [3.8, 4) is 0 Å². The summed E-state index contributed by atoms with van der Waals surface area (Å²) in [6, 6.07) is 11.9. The summed E-state index contributed by atoms with van der Waals surface area (Å²) in [5.74, 6) is -1.30. The van der Waals surface area contributed by atoms with Crippen LogP contribution in [0.2, 0.25) is 0 Å². The van der Waals surface area contributed by atoms with Crippen LogP contribution in [0.15, 0.2) is 48.5 Å². The molecule has 0 bridgehead atoms. The zero-order valence-corrected chi connectivity index (χ0v) is 13.8. The number of ketones is 1. The Labute approximate surface area is 144 Å². The highest BCUT2D eigenvalue weighted by Crippen LogP contribution is 2.08. The molecule has 0 spiro atoms.